The zero-order valence-corrected chi connectivity index (χ0v) is 8.33. The van der Waals surface area contributed by atoms with Gasteiger partial charge in [0.05, 0.1) is 5.69 Å². The van der Waals surface area contributed by atoms with Gasteiger partial charge in [0, 0.05) is 11.8 Å². The van der Waals surface area contributed by atoms with E-state index in [2.05, 4.69) is 11.9 Å². The molecule has 0 atom stereocenters. The highest BCUT2D eigenvalue weighted by molar-refractivity contribution is 5.70. The van der Waals surface area contributed by atoms with E-state index in [0.717, 1.165) is 11.3 Å². The highest BCUT2D eigenvalue weighted by Gasteiger charge is 2.08. The Morgan fingerprint density at radius 2 is 1.86 bits per heavy atom. The van der Waals surface area contributed by atoms with Gasteiger partial charge in [0.1, 0.15) is 5.75 Å². The smallest absolute Gasteiger partial charge is 0.124 e. The van der Waals surface area contributed by atoms with Crippen molar-refractivity contribution in [2.24, 2.45) is 0 Å². The SMILES string of the molecule is Cc1c[nH]c(-c2ccccc2O)c1C. The fourth-order valence-electron chi connectivity index (χ4n) is 1.56. The molecule has 2 rings (SSSR count). The van der Waals surface area contributed by atoms with Crippen LogP contribution in [0.4, 0.5) is 0 Å². The van der Waals surface area contributed by atoms with E-state index in [1.54, 1.807) is 6.07 Å². The molecule has 0 radical (unpaired) electrons. The molecule has 0 aliphatic carbocycles. The average molecular weight is 187 g/mol. The maximum absolute atomic E-state index is 9.68. The van der Waals surface area contributed by atoms with Crippen molar-refractivity contribution in [2.45, 2.75) is 13.8 Å². The van der Waals surface area contributed by atoms with Crippen LogP contribution >= 0.6 is 0 Å². The van der Waals surface area contributed by atoms with Crippen LogP contribution in [0.1, 0.15) is 11.1 Å². The number of H-pyrrole nitrogens is 1. The standard InChI is InChI=1S/C12H13NO/c1-8-7-13-12(9(8)2)10-5-3-4-6-11(10)14/h3-7,13-14H,1-2H3. The molecule has 0 spiro atoms. The van der Waals surface area contributed by atoms with E-state index in [4.69, 9.17) is 0 Å². The summed E-state index contributed by atoms with van der Waals surface area (Å²) < 4.78 is 0. The van der Waals surface area contributed by atoms with Gasteiger partial charge in [-0.25, -0.2) is 0 Å². The molecule has 1 aromatic carbocycles. The number of aryl methyl sites for hydroxylation is 1. The second-order valence-electron chi connectivity index (χ2n) is 3.49. The predicted molar refractivity (Wildman–Crippen MR) is 57.4 cm³/mol. The highest BCUT2D eigenvalue weighted by atomic mass is 16.3. The maximum atomic E-state index is 9.68. The van der Waals surface area contributed by atoms with Gasteiger partial charge in [0.2, 0.25) is 0 Å². The number of aromatic amines is 1. The van der Waals surface area contributed by atoms with Crippen LogP contribution in [-0.2, 0) is 0 Å². The number of aromatic nitrogens is 1. The lowest BCUT2D eigenvalue weighted by Crippen LogP contribution is -1.81. The molecule has 2 nitrogen and oxygen atoms in total. The van der Waals surface area contributed by atoms with Crippen LogP contribution in [0, 0.1) is 13.8 Å². The zero-order chi connectivity index (χ0) is 10.1. The second kappa shape index (κ2) is 3.22. The fraction of sp³-hybridized carbons (Fsp3) is 0.167. The summed E-state index contributed by atoms with van der Waals surface area (Å²) in [6, 6.07) is 7.35. The van der Waals surface area contributed by atoms with Crippen molar-refractivity contribution < 1.29 is 5.11 Å². The Kier molecular flexibility index (Phi) is 2.04. The zero-order valence-electron chi connectivity index (χ0n) is 8.33. The number of phenolic OH excluding ortho intramolecular Hbond substituents is 1. The summed E-state index contributed by atoms with van der Waals surface area (Å²) in [6.45, 7) is 4.10. The van der Waals surface area contributed by atoms with E-state index in [1.165, 1.54) is 11.1 Å². The number of phenols is 1. The summed E-state index contributed by atoms with van der Waals surface area (Å²) in [4.78, 5) is 3.17. The fourth-order valence-corrected chi connectivity index (χ4v) is 1.56. The molecule has 2 aromatic rings. The van der Waals surface area contributed by atoms with E-state index in [1.807, 2.05) is 31.3 Å². The van der Waals surface area contributed by atoms with Crippen molar-refractivity contribution in [2.75, 3.05) is 0 Å². The average Bonchev–Trinajstić information content (AvgIpc) is 2.49. The molecule has 0 aliphatic rings. The number of para-hydroxylation sites is 1. The molecule has 2 N–H and O–H groups in total. The number of nitrogens with one attached hydrogen (secondary N) is 1. The molecule has 1 heterocycles. The van der Waals surface area contributed by atoms with E-state index in [-0.39, 0.29) is 0 Å². The number of hydrogen-bond donors (Lipinski definition) is 2. The van der Waals surface area contributed by atoms with E-state index < -0.39 is 0 Å². The van der Waals surface area contributed by atoms with Gasteiger partial charge >= 0.3 is 0 Å². The molecule has 0 fully saturated rings. The molecule has 0 saturated carbocycles. The van der Waals surface area contributed by atoms with Crippen molar-refractivity contribution in [1.82, 2.24) is 4.98 Å². The summed E-state index contributed by atoms with van der Waals surface area (Å²) in [7, 11) is 0. The van der Waals surface area contributed by atoms with Crippen molar-refractivity contribution >= 4 is 0 Å². The van der Waals surface area contributed by atoms with Crippen molar-refractivity contribution in [3.8, 4) is 17.0 Å². The second-order valence-corrected chi connectivity index (χ2v) is 3.49. The van der Waals surface area contributed by atoms with E-state index in [9.17, 15) is 5.11 Å². The first kappa shape index (κ1) is 8.88. The highest BCUT2D eigenvalue weighted by Crippen LogP contribution is 2.30. The minimum atomic E-state index is 0.317. The summed E-state index contributed by atoms with van der Waals surface area (Å²) in [5, 5.41) is 9.68. The molecule has 0 unspecified atom stereocenters. The van der Waals surface area contributed by atoms with Gasteiger partial charge in [0.15, 0.2) is 0 Å². The molecule has 0 aliphatic heterocycles. The number of aromatic hydroxyl groups is 1. The third kappa shape index (κ3) is 1.29. The van der Waals surface area contributed by atoms with E-state index in [0.29, 0.717) is 5.75 Å². The van der Waals surface area contributed by atoms with Gasteiger partial charge in [-0.2, -0.15) is 0 Å². The molecule has 1 aromatic heterocycles. The Hall–Kier alpha value is -1.70. The lowest BCUT2D eigenvalue weighted by atomic mass is 10.1. The van der Waals surface area contributed by atoms with Gasteiger partial charge in [-0.1, -0.05) is 12.1 Å². The predicted octanol–water partition coefficient (Wildman–Crippen LogP) is 3.00. The molecular formula is C12H13NO. The van der Waals surface area contributed by atoms with Gasteiger partial charge in [-0.05, 0) is 37.1 Å². The lowest BCUT2D eigenvalue weighted by Gasteiger charge is -2.03. The number of benzene rings is 1. The molecule has 0 bridgehead atoms. The molecule has 72 valence electrons. The summed E-state index contributed by atoms with van der Waals surface area (Å²) in [5.41, 5.74) is 4.26. The van der Waals surface area contributed by atoms with Crippen LogP contribution in [0.15, 0.2) is 30.5 Å². The monoisotopic (exact) mass is 187 g/mol. The molecule has 14 heavy (non-hydrogen) atoms. The van der Waals surface area contributed by atoms with Gasteiger partial charge in [-0.3, -0.25) is 0 Å². The largest absolute Gasteiger partial charge is 0.507 e. The summed E-state index contributed by atoms with van der Waals surface area (Å²) >= 11 is 0. The Bertz CT molecular complexity index is 457. The molecule has 2 heteroatoms. The van der Waals surface area contributed by atoms with Crippen LogP contribution in [0.2, 0.25) is 0 Å². The van der Waals surface area contributed by atoms with Gasteiger partial charge < -0.3 is 10.1 Å². The Morgan fingerprint density at radius 1 is 1.14 bits per heavy atom. The minimum absolute atomic E-state index is 0.317. The van der Waals surface area contributed by atoms with Gasteiger partial charge in [0.25, 0.3) is 0 Å². The number of hydrogen-bond acceptors (Lipinski definition) is 1. The third-order valence-corrected chi connectivity index (χ3v) is 2.57. The van der Waals surface area contributed by atoms with Crippen LogP contribution in [0.25, 0.3) is 11.3 Å². The minimum Gasteiger partial charge on any atom is -0.507 e. The first-order valence-electron chi connectivity index (χ1n) is 4.63. The quantitative estimate of drug-likeness (QED) is 0.707. The number of rotatable bonds is 1. The summed E-state index contributed by atoms with van der Waals surface area (Å²) in [5.74, 6) is 0.317. The van der Waals surface area contributed by atoms with Crippen molar-refractivity contribution in [1.29, 1.82) is 0 Å². The Labute approximate surface area is 83.2 Å². The third-order valence-electron chi connectivity index (χ3n) is 2.57. The summed E-state index contributed by atoms with van der Waals surface area (Å²) in [6.07, 6.45) is 1.96. The molecule has 0 amide bonds. The Balaban J connectivity index is 2.60. The van der Waals surface area contributed by atoms with Crippen molar-refractivity contribution in [3.63, 3.8) is 0 Å². The topological polar surface area (TPSA) is 36.0 Å². The van der Waals surface area contributed by atoms with Crippen LogP contribution in [0.5, 0.6) is 5.75 Å². The maximum Gasteiger partial charge on any atom is 0.124 e. The normalized spacial score (nSPS) is 10.4. The first-order chi connectivity index (χ1) is 6.70. The van der Waals surface area contributed by atoms with Crippen LogP contribution in [0.3, 0.4) is 0 Å². The van der Waals surface area contributed by atoms with Crippen LogP contribution < -0.4 is 0 Å². The first-order valence-corrected chi connectivity index (χ1v) is 4.63. The van der Waals surface area contributed by atoms with Gasteiger partial charge in [-0.15, -0.1) is 0 Å². The van der Waals surface area contributed by atoms with Crippen molar-refractivity contribution in [3.05, 3.63) is 41.6 Å². The molecular weight excluding hydrogens is 174 g/mol. The van der Waals surface area contributed by atoms with Crippen LogP contribution in [-0.4, -0.2) is 10.1 Å². The Morgan fingerprint density at radius 3 is 2.43 bits per heavy atom. The molecule has 0 saturated heterocycles. The lowest BCUT2D eigenvalue weighted by molar-refractivity contribution is 0.477. The van der Waals surface area contributed by atoms with E-state index >= 15 is 0 Å².